The van der Waals surface area contributed by atoms with Gasteiger partial charge in [-0.1, -0.05) is 31.2 Å². The maximum atomic E-state index is 12.2. The normalized spacial score (nSPS) is 11.6. The van der Waals surface area contributed by atoms with Gasteiger partial charge in [0.15, 0.2) is 0 Å². The van der Waals surface area contributed by atoms with Crippen LogP contribution in [0.5, 0.6) is 0 Å². The van der Waals surface area contributed by atoms with Crippen LogP contribution in [-0.2, 0) is 16.0 Å². The maximum absolute atomic E-state index is 12.2. The molecule has 4 nitrogen and oxygen atoms in total. The van der Waals surface area contributed by atoms with E-state index < -0.39 is 0 Å². The summed E-state index contributed by atoms with van der Waals surface area (Å²) in [5, 5.41) is 5.42. The molecule has 0 fully saturated rings. The fourth-order valence-corrected chi connectivity index (χ4v) is 2.95. The largest absolute Gasteiger partial charge is 0.325 e. The van der Waals surface area contributed by atoms with E-state index in [-0.39, 0.29) is 22.8 Å². The quantitative estimate of drug-likeness (QED) is 0.779. The number of benzene rings is 2. The lowest BCUT2D eigenvalue weighted by Gasteiger charge is -2.12. The molecule has 2 amide bonds. The molecule has 5 heteroatoms. The molecule has 2 aromatic rings. The van der Waals surface area contributed by atoms with Crippen molar-refractivity contribution in [2.24, 2.45) is 0 Å². The van der Waals surface area contributed by atoms with E-state index >= 15 is 0 Å². The van der Waals surface area contributed by atoms with E-state index in [0.717, 1.165) is 23.4 Å². The van der Waals surface area contributed by atoms with Gasteiger partial charge in [-0.15, -0.1) is 11.8 Å². The number of nitrogens with one attached hydrogen (secondary N) is 2. The van der Waals surface area contributed by atoms with Gasteiger partial charge in [-0.05, 0) is 55.7 Å². The second kappa shape index (κ2) is 9.28. The van der Waals surface area contributed by atoms with Crippen LogP contribution in [0, 0.1) is 6.92 Å². The van der Waals surface area contributed by atoms with E-state index in [1.165, 1.54) is 17.3 Å². The molecule has 0 aliphatic heterocycles. The van der Waals surface area contributed by atoms with Gasteiger partial charge in [0.05, 0.1) is 11.0 Å². The van der Waals surface area contributed by atoms with Crippen LogP contribution in [-0.4, -0.2) is 22.8 Å². The summed E-state index contributed by atoms with van der Waals surface area (Å²) >= 11 is 1.32. The molecule has 132 valence electrons. The number of thioether (sulfide) groups is 1. The molecule has 0 saturated carbocycles. The third-order valence-electron chi connectivity index (χ3n) is 3.77. The summed E-state index contributed by atoms with van der Waals surface area (Å²) in [6.07, 6.45) is 0.969. The fourth-order valence-electron chi connectivity index (χ4n) is 2.26. The Hall–Kier alpha value is -2.27. The predicted octanol–water partition coefficient (Wildman–Crippen LogP) is 4.26. The SMILES string of the molecule is CCc1ccc(NC(=O)[C@H](C)SCC(=O)Nc2cccc(C)c2)cc1. The lowest BCUT2D eigenvalue weighted by atomic mass is 10.1. The van der Waals surface area contributed by atoms with Crippen molar-refractivity contribution in [2.45, 2.75) is 32.4 Å². The van der Waals surface area contributed by atoms with E-state index in [9.17, 15) is 9.59 Å². The standard InChI is InChI=1S/C20H24N2O2S/c1-4-16-8-10-17(11-9-16)22-20(24)15(3)25-13-19(23)21-18-7-5-6-14(2)12-18/h5-12,15H,4,13H2,1-3H3,(H,21,23)(H,22,24)/t15-/m0/s1. The topological polar surface area (TPSA) is 58.2 Å². The Bertz CT molecular complexity index is 729. The number of hydrogen-bond donors (Lipinski definition) is 2. The highest BCUT2D eigenvalue weighted by molar-refractivity contribution is 8.01. The Morgan fingerprint density at radius 2 is 1.76 bits per heavy atom. The molecule has 0 bridgehead atoms. The molecule has 0 radical (unpaired) electrons. The highest BCUT2D eigenvalue weighted by Gasteiger charge is 2.15. The van der Waals surface area contributed by atoms with Crippen LogP contribution in [0.25, 0.3) is 0 Å². The molecule has 25 heavy (non-hydrogen) atoms. The highest BCUT2D eigenvalue weighted by Crippen LogP contribution is 2.16. The summed E-state index contributed by atoms with van der Waals surface area (Å²) in [6, 6.07) is 15.5. The minimum atomic E-state index is -0.311. The van der Waals surface area contributed by atoms with Crippen LogP contribution in [0.15, 0.2) is 48.5 Å². The van der Waals surface area contributed by atoms with Crippen molar-refractivity contribution in [1.82, 2.24) is 0 Å². The summed E-state index contributed by atoms with van der Waals surface area (Å²) in [4.78, 5) is 24.2. The zero-order valence-electron chi connectivity index (χ0n) is 14.8. The number of carbonyl (C=O) groups excluding carboxylic acids is 2. The second-order valence-electron chi connectivity index (χ2n) is 5.91. The van der Waals surface area contributed by atoms with Crippen LogP contribution in [0.2, 0.25) is 0 Å². The minimum absolute atomic E-state index is 0.0994. The molecule has 2 rings (SSSR count). The summed E-state index contributed by atoms with van der Waals surface area (Å²) in [5.74, 6) is 0.0252. The lowest BCUT2D eigenvalue weighted by Crippen LogP contribution is -2.25. The Balaban J connectivity index is 1.79. The Labute approximate surface area is 153 Å². The van der Waals surface area contributed by atoms with E-state index in [4.69, 9.17) is 0 Å². The second-order valence-corrected chi connectivity index (χ2v) is 7.24. The Morgan fingerprint density at radius 1 is 1.04 bits per heavy atom. The van der Waals surface area contributed by atoms with E-state index in [0.29, 0.717) is 0 Å². The van der Waals surface area contributed by atoms with E-state index in [2.05, 4.69) is 17.6 Å². The molecule has 0 aromatic heterocycles. The number of rotatable bonds is 7. The van der Waals surface area contributed by atoms with Crippen molar-refractivity contribution in [3.8, 4) is 0 Å². The van der Waals surface area contributed by atoms with Crippen molar-refractivity contribution in [3.63, 3.8) is 0 Å². The monoisotopic (exact) mass is 356 g/mol. The van der Waals surface area contributed by atoms with Crippen molar-refractivity contribution >= 4 is 35.0 Å². The van der Waals surface area contributed by atoms with Crippen LogP contribution >= 0.6 is 11.8 Å². The van der Waals surface area contributed by atoms with Crippen LogP contribution in [0.3, 0.4) is 0 Å². The number of amides is 2. The van der Waals surface area contributed by atoms with Crippen LogP contribution < -0.4 is 10.6 Å². The predicted molar refractivity (Wildman–Crippen MR) is 106 cm³/mol. The van der Waals surface area contributed by atoms with Gasteiger partial charge in [0, 0.05) is 11.4 Å². The van der Waals surface area contributed by atoms with Gasteiger partial charge < -0.3 is 10.6 Å². The first-order valence-corrected chi connectivity index (χ1v) is 9.40. The molecule has 0 saturated heterocycles. The van der Waals surface area contributed by atoms with Crippen molar-refractivity contribution in [1.29, 1.82) is 0 Å². The molecule has 0 heterocycles. The minimum Gasteiger partial charge on any atom is -0.325 e. The zero-order valence-corrected chi connectivity index (χ0v) is 15.7. The van der Waals surface area contributed by atoms with Crippen LogP contribution in [0.1, 0.15) is 25.0 Å². The van der Waals surface area contributed by atoms with Gasteiger partial charge in [-0.3, -0.25) is 9.59 Å². The average molecular weight is 356 g/mol. The molecule has 0 unspecified atom stereocenters. The fraction of sp³-hybridized carbons (Fsp3) is 0.300. The van der Waals surface area contributed by atoms with Crippen molar-refractivity contribution < 1.29 is 9.59 Å². The van der Waals surface area contributed by atoms with E-state index in [1.54, 1.807) is 6.92 Å². The van der Waals surface area contributed by atoms with Gasteiger partial charge in [0.25, 0.3) is 0 Å². The highest BCUT2D eigenvalue weighted by atomic mass is 32.2. The number of anilines is 2. The molecule has 0 spiro atoms. The molecule has 2 N–H and O–H groups in total. The van der Waals surface area contributed by atoms with Crippen LogP contribution in [0.4, 0.5) is 11.4 Å². The molecular weight excluding hydrogens is 332 g/mol. The smallest absolute Gasteiger partial charge is 0.237 e. The van der Waals surface area contributed by atoms with Crippen molar-refractivity contribution in [2.75, 3.05) is 16.4 Å². The first-order chi connectivity index (χ1) is 12.0. The van der Waals surface area contributed by atoms with Gasteiger partial charge >= 0.3 is 0 Å². The van der Waals surface area contributed by atoms with Gasteiger partial charge in [-0.25, -0.2) is 0 Å². The van der Waals surface area contributed by atoms with Gasteiger partial charge in [-0.2, -0.15) is 0 Å². The van der Waals surface area contributed by atoms with E-state index in [1.807, 2.05) is 55.5 Å². The number of aryl methyl sites for hydroxylation is 2. The maximum Gasteiger partial charge on any atom is 0.237 e. The summed E-state index contributed by atoms with van der Waals surface area (Å²) in [6.45, 7) is 5.87. The Kier molecular flexibility index (Phi) is 7.07. The summed E-state index contributed by atoms with van der Waals surface area (Å²) in [7, 11) is 0. The first-order valence-electron chi connectivity index (χ1n) is 8.36. The van der Waals surface area contributed by atoms with Gasteiger partial charge in [0.1, 0.15) is 0 Å². The average Bonchev–Trinajstić information content (AvgIpc) is 2.60. The Morgan fingerprint density at radius 3 is 2.40 bits per heavy atom. The molecule has 0 aliphatic carbocycles. The molecule has 0 aliphatic rings. The molecule has 2 aromatic carbocycles. The zero-order chi connectivity index (χ0) is 18.2. The number of carbonyl (C=O) groups is 2. The molecule has 1 atom stereocenters. The third kappa shape index (κ3) is 6.27. The summed E-state index contributed by atoms with van der Waals surface area (Å²) < 4.78 is 0. The number of hydrogen-bond acceptors (Lipinski definition) is 3. The lowest BCUT2D eigenvalue weighted by molar-refractivity contribution is -0.115. The first kappa shape index (κ1) is 19.1. The van der Waals surface area contributed by atoms with Crippen molar-refractivity contribution in [3.05, 3.63) is 59.7 Å². The third-order valence-corrected chi connectivity index (χ3v) is 4.91. The summed E-state index contributed by atoms with van der Waals surface area (Å²) in [5.41, 5.74) is 3.87. The molecular formula is C20H24N2O2S. The van der Waals surface area contributed by atoms with Gasteiger partial charge in [0.2, 0.25) is 11.8 Å².